The van der Waals surface area contributed by atoms with Crippen molar-refractivity contribution in [2.75, 3.05) is 39.4 Å². The first-order chi connectivity index (χ1) is 9.77. The van der Waals surface area contributed by atoms with Gasteiger partial charge in [0.05, 0.1) is 13.2 Å². The zero-order chi connectivity index (χ0) is 15.5. The third-order valence-corrected chi connectivity index (χ3v) is 4.12. The topological polar surface area (TPSA) is 50.8 Å². The Bertz CT molecular complexity index is 361. The molecule has 2 aliphatic heterocycles. The van der Waals surface area contributed by atoms with Crippen LogP contribution in [0, 0.1) is 11.3 Å². The average Bonchev–Trinajstić information content (AvgIpc) is 2.79. The number of ether oxygens (including phenoxy) is 2. The van der Waals surface area contributed by atoms with Crippen molar-refractivity contribution in [1.29, 1.82) is 0 Å². The summed E-state index contributed by atoms with van der Waals surface area (Å²) >= 11 is 0. The highest BCUT2D eigenvalue weighted by molar-refractivity contribution is 5.68. The van der Waals surface area contributed by atoms with Crippen LogP contribution in [-0.2, 0) is 9.47 Å². The molecule has 2 saturated heterocycles. The fraction of sp³-hybridized carbons (Fsp3) is 0.938. The van der Waals surface area contributed by atoms with E-state index in [0.29, 0.717) is 11.3 Å². The van der Waals surface area contributed by atoms with Crippen molar-refractivity contribution in [2.45, 2.75) is 46.1 Å². The summed E-state index contributed by atoms with van der Waals surface area (Å²) < 4.78 is 10.7. The van der Waals surface area contributed by atoms with Gasteiger partial charge in [0.1, 0.15) is 5.60 Å². The Kier molecular flexibility index (Phi) is 5.15. The first-order valence-electron chi connectivity index (χ1n) is 8.04. The zero-order valence-corrected chi connectivity index (χ0v) is 13.9. The van der Waals surface area contributed by atoms with Gasteiger partial charge in [0, 0.05) is 25.0 Å². The summed E-state index contributed by atoms with van der Waals surface area (Å²) in [5, 5.41) is 3.52. The number of nitrogens with one attached hydrogen (secondary N) is 1. The van der Waals surface area contributed by atoms with Crippen LogP contribution in [0.2, 0.25) is 0 Å². The van der Waals surface area contributed by atoms with Crippen LogP contribution in [0.25, 0.3) is 0 Å². The number of carbonyl (C=O) groups excluding carboxylic acids is 1. The molecule has 0 radical (unpaired) electrons. The number of likely N-dealkylation sites (tertiary alicyclic amines) is 1. The van der Waals surface area contributed by atoms with Crippen LogP contribution in [-0.4, -0.2) is 56.0 Å². The molecule has 0 aromatic heterocycles. The molecule has 1 atom stereocenters. The lowest BCUT2D eigenvalue weighted by atomic mass is 9.88. The third kappa shape index (κ3) is 5.15. The molecule has 0 aromatic rings. The average molecular weight is 298 g/mol. The number of hydrogen-bond donors (Lipinski definition) is 1. The zero-order valence-electron chi connectivity index (χ0n) is 13.9. The minimum absolute atomic E-state index is 0.169. The summed E-state index contributed by atoms with van der Waals surface area (Å²) in [7, 11) is 0. The van der Waals surface area contributed by atoms with Gasteiger partial charge in [0.15, 0.2) is 0 Å². The Morgan fingerprint density at radius 1 is 1.43 bits per heavy atom. The molecule has 2 heterocycles. The highest BCUT2D eigenvalue weighted by Gasteiger charge is 2.33. The maximum absolute atomic E-state index is 12.0. The van der Waals surface area contributed by atoms with Crippen molar-refractivity contribution >= 4 is 6.09 Å². The standard InChI is InChI=1S/C16H30N2O3/c1-15(2,3)21-14(19)18-8-6-13(9-18)5-7-17-10-16(4)11-20-12-16/h13,17H,5-12H2,1-4H3. The minimum Gasteiger partial charge on any atom is -0.444 e. The number of amides is 1. The van der Waals surface area contributed by atoms with E-state index in [0.717, 1.165) is 52.2 Å². The Morgan fingerprint density at radius 2 is 2.14 bits per heavy atom. The van der Waals surface area contributed by atoms with E-state index < -0.39 is 5.60 Å². The first-order valence-corrected chi connectivity index (χ1v) is 8.04. The molecule has 0 aromatic carbocycles. The predicted molar refractivity (Wildman–Crippen MR) is 82.3 cm³/mol. The van der Waals surface area contributed by atoms with Crippen LogP contribution in [0.3, 0.4) is 0 Å². The van der Waals surface area contributed by atoms with Crippen molar-refractivity contribution in [3.8, 4) is 0 Å². The molecular formula is C16H30N2O3. The second kappa shape index (κ2) is 6.53. The lowest BCUT2D eigenvalue weighted by molar-refractivity contribution is -0.0989. The molecule has 2 rings (SSSR count). The second-order valence-corrected chi connectivity index (χ2v) is 7.85. The molecule has 21 heavy (non-hydrogen) atoms. The summed E-state index contributed by atoms with van der Waals surface area (Å²) in [5.41, 5.74) is -0.0742. The van der Waals surface area contributed by atoms with Crippen LogP contribution < -0.4 is 5.32 Å². The van der Waals surface area contributed by atoms with E-state index in [1.54, 1.807) is 0 Å². The van der Waals surface area contributed by atoms with Crippen LogP contribution in [0.4, 0.5) is 4.79 Å². The molecule has 2 aliphatic rings. The lowest BCUT2D eigenvalue weighted by Gasteiger charge is -2.38. The molecule has 2 fully saturated rings. The molecule has 5 heteroatoms. The molecule has 1 amide bonds. The van der Waals surface area contributed by atoms with Gasteiger partial charge in [-0.1, -0.05) is 6.92 Å². The largest absolute Gasteiger partial charge is 0.444 e. The van der Waals surface area contributed by atoms with E-state index in [9.17, 15) is 4.79 Å². The molecule has 0 bridgehead atoms. The summed E-state index contributed by atoms with van der Waals surface area (Å²) in [6.45, 7) is 13.4. The monoisotopic (exact) mass is 298 g/mol. The molecule has 0 spiro atoms. The maximum Gasteiger partial charge on any atom is 0.410 e. The van der Waals surface area contributed by atoms with Gasteiger partial charge in [0.25, 0.3) is 0 Å². The molecule has 1 unspecified atom stereocenters. The molecule has 5 nitrogen and oxygen atoms in total. The van der Waals surface area contributed by atoms with E-state index in [1.807, 2.05) is 25.7 Å². The van der Waals surface area contributed by atoms with Gasteiger partial charge < -0.3 is 19.7 Å². The van der Waals surface area contributed by atoms with Crippen molar-refractivity contribution < 1.29 is 14.3 Å². The smallest absolute Gasteiger partial charge is 0.410 e. The predicted octanol–water partition coefficient (Wildman–Crippen LogP) is 2.26. The van der Waals surface area contributed by atoms with Crippen LogP contribution in [0.15, 0.2) is 0 Å². The third-order valence-electron chi connectivity index (χ3n) is 4.12. The quantitative estimate of drug-likeness (QED) is 0.791. The van der Waals surface area contributed by atoms with Gasteiger partial charge in [-0.15, -0.1) is 0 Å². The SMILES string of the molecule is CC1(CNCCC2CCN(C(=O)OC(C)(C)C)C2)COC1. The summed E-state index contributed by atoms with van der Waals surface area (Å²) in [6, 6.07) is 0. The first kappa shape index (κ1) is 16.6. The van der Waals surface area contributed by atoms with Crippen molar-refractivity contribution in [1.82, 2.24) is 10.2 Å². The maximum atomic E-state index is 12.0. The summed E-state index contributed by atoms with van der Waals surface area (Å²) in [5.74, 6) is 0.593. The normalized spacial score (nSPS) is 24.8. The van der Waals surface area contributed by atoms with Gasteiger partial charge in [-0.3, -0.25) is 0 Å². The fourth-order valence-electron chi connectivity index (χ4n) is 2.81. The molecule has 0 saturated carbocycles. The number of rotatable bonds is 5. The Balaban J connectivity index is 1.60. The van der Waals surface area contributed by atoms with Crippen molar-refractivity contribution in [3.05, 3.63) is 0 Å². The van der Waals surface area contributed by atoms with Crippen molar-refractivity contribution in [2.24, 2.45) is 11.3 Å². The number of carbonyl (C=O) groups is 1. The number of hydrogen-bond acceptors (Lipinski definition) is 4. The fourth-order valence-corrected chi connectivity index (χ4v) is 2.81. The number of nitrogens with zero attached hydrogens (tertiary/aromatic N) is 1. The summed E-state index contributed by atoms with van der Waals surface area (Å²) in [4.78, 5) is 13.8. The highest BCUT2D eigenvalue weighted by atomic mass is 16.6. The molecule has 1 N–H and O–H groups in total. The lowest BCUT2D eigenvalue weighted by Crippen LogP contribution is -2.47. The van der Waals surface area contributed by atoms with Crippen molar-refractivity contribution in [3.63, 3.8) is 0 Å². The Morgan fingerprint density at radius 3 is 2.71 bits per heavy atom. The Hall–Kier alpha value is -0.810. The highest BCUT2D eigenvalue weighted by Crippen LogP contribution is 2.25. The van der Waals surface area contributed by atoms with Gasteiger partial charge in [0.2, 0.25) is 0 Å². The van der Waals surface area contributed by atoms with Crippen LogP contribution in [0.5, 0.6) is 0 Å². The van der Waals surface area contributed by atoms with E-state index in [1.165, 1.54) is 0 Å². The van der Waals surface area contributed by atoms with Gasteiger partial charge >= 0.3 is 6.09 Å². The van der Waals surface area contributed by atoms with Gasteiger partial charge in [-0.05, 0) is 46.1 Å². The van der Waals surface area contributed by atoms with E-state index >= 15 is 0 Å². The van der Waals surface area contributed by atoms with Gasteiger partial charge in [-0.25, -0.2) is 4.79 Å². The second-order valence-electron chi connectivity index (χ2n) is 7.85. The van der Waals surface area contributed by atoms with E-state index in [-0.39, 0.29) is 6.09 Å². The van der Waals surface area contributed by atoms with Gasteiger partial charge in [-0.2, -0.15) is 0 Å². The van der Waals surface area contributed by atoms with Crippen LogP contribution in [0.1, 0.15) is 40.5 Å². The molecular weight excluding hydrogens is 268 g/mol. The molecule has 0 aliphatic carbocycles. The molecule has 122 valence electrons. The van der Waals surface area contributed by atoms with E-state index in [4.69, 9.17) is 9.47 Å². The summed E-state index contributed by atoms with van der Waals surface area (Å²) in [6.07, 6.45) is 2.04. The van der Waals surface area contributed by atoms with Crippen LogP contribution >= 0.6 is 0 Å². The Labute approximate surface area is 128 Å². The minimum atomic E-state index is -0.406. The van der Waals surface area contributed by atoms with E-state index in [2.05, 4.69) is 12.2 Å².